The van der Waals surface area contributed by atoms with Gasteiger partial charge in [-0.2, -0.15) is 0 Å². The number of hydrogen-bond acceptors (Lipinski definition) is 4. The number of rotatable bonds is 4. The van der Waals surface area contributed by atoms with Crippen LogP contribution in [0.3, 0.4) is 0 Å². The van der Waals surface area contributed by atoms with E-state index in [2.05, 4.69) is 5.32 Å². The first-order chi connectivity index (χ1) is 9.49. The summed E-state index contributed by atoms with van der Waals surface area (Å²) in [7, 11) is 0. The number of amides is 2. The van der Waals surface area contributed by atoms with Crippen molar-refractivity contribution in [3.8, 4) is 0 Å². The van der Waals surface area contributed by atoms with Gasteiger partial charge in [-0.1, -0.05) is 29.8 Å². The lowest BCUT2D eigenvalue weighted by molar-refractivity contribution is -0.117. The van der Waals surface area contributed by atoms with Crippen molar-refractivity contribution in [1.29, 1.82) is 0 Å². The summed E-state index contributed by atoms with van der Waals surface area (Å²) in [5.74, 6) is -0.954. The number of hydrogen-bond donors (Lipinski definition) is 3. The maximum absolute atomic E-state index is 12.1. The van der Waals surface area contributed by atoms with E-state index in [0.29, 0.717) is 16.1 Å². The number of primary amides is 1. The average molecular weight is 289 g/mol. The van der Waals surface area contributed by atoms with Crippen LogP contribution in [-0.2, 0) is 4.79 Å². The molecule has 5 nitrogen and oxygen atoms in total. The Balaban J connectivity index is 2.13. The van der Waals surface area contributed by atoms with E-state index in [0.717, 1.165) is 5.56 Å². The van der Waals surface area contributed by atoms with Gasteiger partial charge >= 0.3 is 0 Å². The number of carbonyl (C=O) groups excluding carboxylic acids is 2. The highest BCUT2D eigenvalue weighted by atomic mass is 32.1. The van der Waals surface area contributed by atoms with E-state index < -0.39 is 11.9 Å². The van der Waals surface area contributed by atoms with E-state index in [1.807, 2.05) is 31.2 Å². The van der Waals surface area contributed by atoms with Crippen LogP contribution in [0.4, 0.5) is 5.00 Å². The van der Waals surface area contributed by atoms with Crippen LogP contribution in [0.15, 0.2) is 35.7 Å². The molecule has 0 radical (unpaired) electrons. The zero-order valence-corrected chi connectivity index (χ0v) is 11.7. The van der Waals surface area contributed by atoms with E-state index in [1.54, 1.807) is 11.4 Å². The third-order valence-electron chi connectivity index (χ3n) is 2.89. The zero-order chi connectivity index (χ0) is 14.7. The van der Waals surface area contributed by atoms with E-state index >= 15 is 0 Å². The maximum atomic E-state index is 12.1. The topological polar surface area (TPSA) is 98.2 Å². The quantitative estimate of drug-likeness (QED) is 0.800. The molecule has 0 spiro atoms. The van der Waals surface area contributed by atoms with Gasteiger partial charge in [0.25, 0.3) is 5.91 Å². The van der Waals surface area contributed by atoms with Crippen molar-refractivity contribution in [1.82, 2.24) is 0 Å². The van der Waals surface area contributed by atoms with Crippen LogP contribution in [-0.4, -0.2) is 11.8 Å². The largest absolute Gasteiger partial charge is 0.366 e. The fraction of sp³-hybridized carbons (Fsp3) is 0.143. The molecule has 0 aliphatic heterocycles. The summed E-state index contributed by atoms with van der Waals surface area (Å²) < 4.78 is 0. The van der Waals surface area contributed by atoms with Gasteiger partial charge in [0.05, 0.1) is 5.56 Å². The van der Waals surface area contributed by atoms with Gasteiger partial charge in [0.1, 0.15) is 11.0 Å². The summed E-state index contributed by atoms with van der Waals surface area (Å²) in [6.07, 6.45) is 0. The normalized spacial score (nSPS) is 11.9. The molecule has 0 fully saturated rings. The van der Waals surface area contributed by atoms with Crippen LogP contribution in [0.2, 0.25) is 0 Å². The Morgan fingerprint density at radius 3 is 2.45 bits per heavy atom. The van der Waals surface area contributed by atoms with Crippen molar-refractivity contribution < 1.29 is 9.59 Å². The van der Waals surface area contributed by atoms with Crippen molar-refractivity contribution in [3.63, 3.8) is 0 Å². The Labute approximate surface area is 120 Å². The lowest BCUT2D eigenvalue weighted by Crippen LogP contribution is -2.28. The van der Waals surface area contributed by atoms with E-state index in [4.69, 9.17) is 11.5 Å². The van der Waals surface area contributed by atoms with Crippen LogP contribution in [0.25, 0.3) is 0 Å². The van der Waals surface area contributed by atoms with Gasteiger partial charge < -0.3 is 16.8 Å². The van der Waals surface area contributed by atoms with E-state index in [-0.39, 0.29) is 5.91 Å². The maximum Gasteiger partial charge on any atom is 0.251 e. The van der Waals surface area contributed by atoms with E-state index in [9.17, 15) is 9.59 Å². The van der Waals surface area contributed by atoms with Gasteiger partial charge in [-0.15, -0.1) is 11.3 Å². The lowest BCUT2D eigenvalue weighted by atomic mass is 10.1. The summed E-state index contributed by atoms with van der Waals surface area (Å²) >= 11 is 1.23. The highest BCUT2D eigenvalue weighted by molar-refractivity contribution is 7.14. The van der Waals surface area contributed by atoms with Crippen LogP contribution in [0.1, 0.15) is 27.5 Å². The van der Waals surface area contributed by atoms with Gasteiger partial charge in [0, 0.05) is 0 Å². The molecule has 1 heterocycles. The molecule has 0 bridgehead atoms. The summed E-state index contributed by atoms with van der Waals surface area (Å²) in [4.78, 5) is 23.3. The van der Waals surface area contributed by atoms with Gasteiger partial charge in [-0.25, -0.2) is 0 Å². The number of thiophene rings is 1. The number of carbonyl (C=O) groups is 2. The van der Waals surface area contributed by atoms with Gasteiger partial charge in [-0.05, 0) is 23.9 Å². The average Bonchev–Trinajstić information content (AvgIpc) is 2.87. The number of anilines is 1. The Morgan fingerprint density at radius 1 is 1.20 bits per heavy atom. The van der Waals surface area contributed by atoms with Crippen LogP contribution < -0.4 is 16.8 Å². The molecule has 2 amide bonds. The van der Waals surface area contributed by atoms with Crippen molar-refractivity contribution >= 4 is 28.2 Å². The predicted molar refractivity (Wildman–Crippen MR) is 79.6 cm³/mol. The fourth-order valence-corrected chi connectivity index (χ4v) is 2.51. The molecule has 104 valence electrons. The Bertz CT molecular complexity index is 634. The zero-order valence-electron chi connectivity index (χ0n) is 10.9. The molecule has 0 aliphatic rings. The third kappa shape index (κ3) is 3.04. The second-order valence-corrected chi connectivity index (χ2v) is 5.32. The highest BCUT2D eigenvalue weighted by Gasteiger charge is 2.18. The van der Waals surface area contributed by atoms with Crippen molar-refractivity contribution in [2.45, 2.75) is 13.0 Å². The van der Waals surface area contributed by atoms with Crippen molar-refractivity contribution in [3.05, 3.63) is 52.4 Å². The van der Waals surface area contributed by atoms with Crippen LogP contribution >= 0.6 is 11.3 Å². The number of nitrogens with two attached hydrogens (primary N) is 2. The fourth-order valence-electron chi connectivity index (χ4n) is 1.71. The summed E-state index contributed by atoms with van der Waals surface area (Å²) in [6, 6.07) is 8.18. The third-order valence-corrected chi connectivity index (χ3v) is 3.72. The molecule has 2 aromatic rings. The van der Waals surface area contributed by atoms with Crippen molar-refractivity contribution in [2.24, 2.45) is 11.5 Å². The van der Waals surface area contributed by atoms with Gasteiger partial charge in [0.2, 0.25) is 5.91 Å². The molecule has 6 heteroatoms. The van der Waals surface area contributed by atoms with Crippen LogP contribution in [0, 0.1) is 6.92 Å². The second-order valence-electron chi connectivity index (χ2n) is 4.41. The van der Waals surface area contributed by atoms with Gasteiger partial charge in [0.15, 0.2) is 0 Å². The minimum Gasteiger partial charge on any atom is -0.366 e. The minimum absolute atomic E-state index is 0.291. The SMILES string of the molecule is Cc1ccc(C(N)C(=O)Nc2sccc2C(N)=O)cc1. The second kappa shape index (κ2) is 5.85. The Hall–Kier alpha value is -2.18. The molecule has 1 aromatic heterocycles. The minimum atomic E-state index is -0.793. The monoisotopic (exact) mass is 289 g/mol. The molecular formula is C14H15N3O2S. The molecule has 5 N–H and O–H groups in total. The number of benzene rings is 1. The Morgan fingerprint density at radius 2 is 1.85 bits per heavy atom. The standard InChI is InChI=1S/C14H15N3O2S/c1-8-2-4-9(5-3-8)11(15)13(19)17-14-10(12(16)18)6-7-20-14/h2-7,11H,15H2,1H3,(H2,16,18)(H,17,19). The van der Waals surface area contributed by atoms with Crippen molar-refractivity contribution in [2.75, 3.05) is 5.32 Å². The molecular weight excluding hydrogens is 274 g/mol. The first kappa shape index (κ1) is 14.2. The smallest absolute Gasteiger partial charge is 0.251 e. The first-order valence-corrected chi connectivity index (χ1v) is 6.87. The molecule has 0 aliphatic carbocycles. The molecule has 1 aromatic carbocycles. The molecule has 1 atom stereocenters. The lowest BCUT2D eigenvalue weighted by Gasteiger charge is -2.12. The first-order valence-electron chi connectivity index (χ1n) is 5.99. The van der Waals surface area contributed by atoms with Gasteiger partial charge in [-0.3, -0.25) is 9.59 Å². The van der Waals surface area contributed by atoms with E-state index in [1.165, 1.54) is 11.3 Å². The molecule has 1 unspecified atom stereocenters. The number of nitrogens with one attached hydrogen (secondary N) is 1. The summed E-state index contributed by atoms with van der Waals surface area (Å²) in [5, 5.41) is 4.75. The number of aryl methyl sites for hydroxylation is 1. The van der Waals surface area contributed by atoms with Crippen LogP contribution in [0.5, 0.6) is 0 Å². The molecule has 20 heavy (non-hydrogen) atoms. The molecule has 0 saturated heterocycles. The molecule has 0 saturated carbocycles. The highest BCUT2D eigenvalue weighted by Crippen LogP contribution is 2.24. The summed E-state index contributed by atoms with van der Waals surface area (Å²) in [6.45, 7) is 1.96. The Kier molecular flexibility index (Phi) is 4.16. The summed E-state index contributed by atoms with van der Waals surface area (Å²) in [5.41, 5.74) is 13.2. The predicted octanol–water partition coefficient (Wildman–Crippen LogP) is 1.79. The molecule has 2 rings (SSSR count).